The second-order valence-electron chi connectivity index (χ2n) is 8.36. The number of hydrogen-bond acceptors (Lipinski definition) is 6. The van der Waals surface area contributed by atoms with Crippen LogP contribution in [-0.4, -0.2) is 31.0 Å². The first-order chi connectivity index (χ1) is 17.6. The quantitative estimate of drug-likeness (QED) is 0.359. The molecule has 0 spiro atoms. The standard InChI is InChI=1S/C27H25N3O6S/c1-3-22(25(31)29-18-13-15-19(16-14-18)37(28,34)35)36-27(33)24-23(17-9-5-4-6-10-17)20-11-7-8-12-21(20)26(32)30(24)2/h4-16,22H,3H2,1-2H3,(H,29,31)(H2,28,34,35). The van der Waals surface area contributed by atoms with Crippen LogP contribution < -0.4 is 16.0 Å². The Hall–Kier alpha value is -4.28. The molecule has 1 amide bonds. The minimum absolute atomic E-state index is 0.0265. The van der Waals surface area contributed by atoms with E-state index in [-0.39, 0.29) is 22.6 Å². The zero-order chi connectivity index (χ0) is 26.7. The maximum absolute atomic E-state index is 13.5. The highest BCUT2D eigenvalue weighted by Gasteiger charge is 2.27. The zero-order valence-electron chi connectivity index (χ0n) is 20.2. The summed E-state index contributed by atoms with van der Waals surface area (Å²) in [5, 5.41) is 8.76. The summed E-state index contributed by atoms with van der Waals surface area (Å²) in [6.45, 7) is 1.68. The number of amides is 1. The first-order valence-electron chi connectivity index (χ1n) is 11.4. The van der Waals surface area contributed by atoms with Crippen molar-refractivity contribution in [3.63, 3.8) is 0 Å². The molecule has 0 fully saturated rings. The number of pyridine rings is 1. The number of sulfonamides is 1. The topological polar surface area (TPSA) is 138 Å². The van der Waals surface area contributed by atoms with Crippen molar-refractivity contribution < 1.29 is 22.7 Å². The second kappa shape index (κ2) is 10.4. The van der Waals surface area contributed by atoms with Crippen LogP contribution in [0.3, 0.4) is 0 Å². The SMILES string of the molecule is CCC(OC(=O)c1c(-c2ccccc2)c2ccccc2c(=O)n1C)C(=O)Nc1ccc(S(N)(=O)=O)cc1. The molecule has 3 N–H and O–H groups in total. The van der Waals surface area contributed by atoms with Crippen LogP contribution in [0.1, 0.15) is 23.8 Å². The maximum Gasteiger partial charge on any atom is 0.356 e. The Morgan fingerprint density at radius 3 is 2.14 bits per heavy atom. The van der Waals surface area contributed by atoms with Crippen LogP contribution >= 0.6 is 0 Å². The third-order valence-electron chi connectivity index (χ3n) is 5.92. The Bertz CT molecular complexity index is 1650. The van der Waals surface area contributed by atoms with Gasteiger partial charge in [-0.3, -0.25) is 9.59 Å². The monoisotopic (exact) mass is 519 g/mol. The van der Waals surface area contributed by atoms with Gasteiger partial charge in [-0.2, -0.15) is 0 Å². The number of carbonyl (C=O) groups is 2. The fraction of sp³-hybridized carbons (Fsp3) is 0.148. The molecule has 1 heterocycles. The molecule has 1 atom stereocenters. The number of nitrogens with one attached hydrogen (secondary N) is 1. The number of rotatable bonds is 7. The largest absolute Gasteiger partial charge is 0.448 e. The summed E-state index contributed by atoms with van der Waals surface area (Å²) in [6, 6.07) is 21.4. The number of carbonyl (C=O) groups excluding carboxylic acids is 2. The van der Waals surface area contributed by atoms with Crippen LogP contribution in [0.25, 0.3) is 21.9 Å². The lowest BCUT2D eigenvalue weighted by Gasteiger charge is -2.20. The Balaban J connectivity index is 1.69. The number of esters is 1. The highest BCUT2D eigenvalue weighted by molar-refractivity contribution is 7.89. The van der Waals surface area contributed by atoms with Gasteiger partial charge in [-0.05, 0) is 47.7 Å². The molecule has 0 aliphatic carbocycles. The summed E-state index contributed by atoms with van der Waals surface area (Å²) in [7, 11) is -2.38. The van der Waals surface area contributed by atoms with Gasteiger partial charge < -0.3 is 14.6 Å². The molecule has 37 heavy (non-hydrogen) atoms. The Morgan fingerprint density at radius 2 is 1.54 bits per heavy atom. The molecule has 4 aromatic rings. The van der Waals surface area contributed by atoms with Crippen LogP contribution in [0.4, 0.5) is 5.69 Å². The van der Waals surface area contributed by atoms with Gasteiger partial charge in [0.25, 0.3) is 11.5 Å². The second-order valence-corrected chi connectivity index (χ2v) is 9.92. The van der Waals surface area contributed by atoms with Crippen LogP contribution in [0, 0.1) is 0 Å². The van der Waals surface area contributed by atoms with E-state index in [4.69, 9.17) is 9.88 Å². The van der Waals surface area contributed by atoms with E-state index in [1.165, 1.54) is 35.9 Å². The molecule has 1 unspecified atom stereocenters. The predicted octanol–water partition coefficient (Wildman–Crippen LogP) is 3.43. The van der Waals surface area contributed by atoms with Crippen molar-refractivity contribution in [2.45, 2.75) is 24.3 Å². The minimum atomic E-state index is -3.88. The molecule has 0 radical (unpaired) electrons. The molecular formula is C27H25N3O6S. The first-order valence-corrected chi connectivity index (χ1v) is 13.0. The van der Waals surface area contributed by atoms with Crippen molar-refractivity contribution in [1.82, 2.24) is 4.57 Å². The average Bonchev–Trinajstić information content (AvgIpc) is 2.89. The van der Waals surface area contributed by atoms with Gasteiger partial charge in [0.1, 0.15) is 5.69 Å². The van der Waals surface area contributed by atoms with Gasteiger partial charge in [0, 0.05) is 23.7 Å². The Kier molecular flexibility index (Phi) is 7.23. The molecule has 0 bridgehead atoms. The fourth-order valence-electron chi connectivity index (χ4n) is 4.06. The van der Waals surface area contributed by atoms with E-state index < -0.39 is 28.0 Å². The number of aromatic nitrogens is 1. The number of ether oxygens (including phenoxy) is 1. The third kappa shape index (κ3) is 5.30. The third-order valence-corrected chi connectivity index (χ3v) is 6.85. The fourth-order valence-corrected chi connectivity index (χ4v) is 4.57. The molecule has 0 aliphatic heterocycles. The van der Waals surface area contributed by atoms with Crippen LogP contribution in [0.5, 0.6) is 0 Å². The molecule has 0 saturated carbocycles. The molecule has 190 valence electrons. The predicted molar refractivity (Wildman–Crippen MR) is 141 cm³/mol. The lowest BCUT2D eigenvalue weighted by atomic mass is 9.97. The highest BCUT2D eigenvalue weighted by Crippen LogP contribution is 2.31. The van der Waals surface area contributed by atoms with Crippen molar-refractivity contribution in [3.8, 4) is 11.1 Å². The van der Waals surface area contributed by atoms with Gasteiger partial charge >= 0.3 is 5.97 Å². The lowest BCUT2D eigenvalue weighted by Crippen LogP contribution is -2.34. The number of fused-ring (bicyclic) bond motifs is 1. The van der Waals surface area contributed by atoms with E-state index in [2.05, 4.69) is 5.32 Å². The van der Waals surface area contributed by atoms with E-state index >= 15 is 0 Å². The van der Waals surface area contributed by atoms with E-state index in [1.807, 2.05) is 30.3 Å². The summed E-state index contributed by atoms with van der Waals surface area (Å²) in [6.07, 6.45) is -1.01. The number of nitrogens with two attached hydrogens (primary N) is 1. The van der Waals surface area contributed by atoms with Crippen molar-refractivity contribution in [2.24, 2.45) is 12.2 Å². The Labute approximate surface area is 213 Å². The van der Waals surface area contributed by atoms with Crippen LogP contribution in [0.15, 0.2) is 88.6 Å². The van der Waals surface area contributed by atoms with Crippen molar-refractivity contribution in [3.05, 3.63) is 94.9 Å². The summed E-state index contributed by atoms with van der Waals surface area (Å²) in [5.74, 6) is -1.43. The van der Waals surface area contributed by atoms with E-state index in [9.17, 15) is 22.8 Å². The smallest absolute Gasteiger partial charge is 0.356 e. The molecule has 1 aromatic heterocycles. The average molecular weight is 520 g/mol. The van der Waals surface area contributed by atoms with E-state index in [0.29, 0.717) is 27.6 Å². The minimum Gasteiger partial charge on any atom is -0.448 e. The lowest BCUT2D eigenvalue weighted by molar-refractivity contribution is -0.124. The molecule has 9 nitrogen and oxygen atoms in total. The van der Waals surface area contributed by atoms with Gasteiger partial charge in [0.15, 0.2) is 6.10 Å². The number of benzene rings is 3. The highest BCUT2D eigenvalue weighted by atomic mass is 32.2. The van der Waals surface area contributed by atoms with Gasteiger partial charge in [0.2, 0.25) is 10.0 Å². The summed E-state index contributed by atoms with van der Waals surface area (Å²) in [4.78, 5) is 39.4. The first kappa shape index (κ1) is 25.8. The molecule has 10 heteroatoms. The molecule has 0 saturated heterocycles. The number of hydrogen-bond donors (Lipinski definition) is 2. The van der Waals surface area contributed by atoms with Gasteiger partial charge in [-0.1, -0.05) is 55.5 Å². The molecule has 3 aromatic carbocycles. The van der Waals surface area contributed by atoms with Crippen LogP contribution in [-0.2, 0) is 26.6 Å². The number of nitrogens with zero attached hydrogens (tertiary/aromatic N) is 1. The maximum atomic E-state index is 13.5. The zero-order valence-corrected chi connectivity index (χ0v) is 21.0. The van der Waals surface area contributed by atoms with Gasteiger partial charge in [-0.15, -0.1) is 0 Å². The van der Waals surface area contributed by atoms with Gasteiger partial charge in [-0.25, -0.2) is 18.4 Å². The van der Waals surface area contributed by atoms with E-state index in [1.54, 1.807) is 31.2 Å². The van der Waals surface area contributed by atoms with Crippen molar-refractivity contribution in [1.29, 1.82) is 0 Å². The normalized spacial score (nSPS) is 12.2. The summed E-state index contributed by atoms with van der Waals surface area (Å²) >= 11 is 0. The number of primary sulfonamides is 1. The van der Waals surface area contributed by atoms with Crippen molar-refractivity contribution >= 4 is 38.4 Å². The Morgan fingerprint density at radius 1 is 0.946 bits per heavy atom. The van der Waals surface area contributed by atoms with E-state index in [0.717, 1.165) is 0 Å². The summed E-state index contributed by atoms with van der Waals surface area (Å²) < 4.78 is 29.8. The molecule has 0 aliphatic rings. The summed E-state index contributed by atoms with van der Waals surface area (Å²) in [5.41, 5.74) is 1.20. The molecular weight excluding hydrogens is 494 g/mol. The van der Waals surface area contributed by atoms with Gasteiger partial charge in [0.05, 0.1) is 4.90 Å². The number of anilines is 1. The van der Waals surface area contributed by atoms with Crippen molar-refractivity contribution in [2.75, 3.05) is 5.32 Å². The van der Waals surface area contributed by atoms with Crippen LogP contribution in [0.2, 0.25) is 0 Å². The molecule has 4 rings (SSSR count).